The molecule has 6 heteroatoms. The fourth-order valence-corrected chi connectivity index (χ4v) is 4.39. The Kier molecular flexibility index (Phi) is 5.75. The third-order valence-electron chi connectivity index (χ3n) is 5.81. The Balaban J connectivity index is 1.59. The van der Waals surface area contributed by atoms with E-state index >= 15 is 0 Å². The molecule has 1 aliphatic heterocycles. The summed E-state index contributed by atoms with van der Waals surface area (Å²) < 4.78 is 5.23. The minimum absolute atomic E-state index is 0.00688. The van der Waals surface area contributed by atoms with E-state index in [1.807, 2.05) is 24.3 Å². The van der Waals surface area contributed by atoms with Gasteiger partial charge in [-0.25, -0.2) is 0 Å². The zero-order valence-corrected chi connectivity index (χ0v) is 16.7. The molecule has 3 rings (SSSR count). The average Bonchev–Trinajstić information content (AvgIpc) is 3.24. The van der Waals surface area contributed by atoms with Gasteiger partial charge in [-0.05, 0) is 41.9 Å². The number of methoxy groups -OCH3 is 1. The normalized spacial score (nSPS) is 27.0. The summed E-state index contributed by atoms with van der Waals surface area (Å²) in [5.74, 6) is 1.45. The topological polar surface area (TPSA) is 70.7 Å². The molecule has 1 spiro atoms. The van der Waals surface area contributed by atoms with Gasteiger partial charge >= 0.3 is 0 Å². The van der Waals surface area contributed by atoms with Crippen LogP contribution in [-0.4, -0.2) is 50.0 Å². The van der Waals surface area contributed by atoms with Crippen LogP contribution in [0.1, 0.15) is 32.3 Å². The van der Waals surface area contributed by atoms with Gasteiger partial charge in [0.2, 0.25) is 11.8 Å². The smallest absolute Gasteiger partial charge is 0.237 e. The van der Waals surface area contributed by atoms with Crippen LogP contribution in [0.4, 0.5) is 0 Å². The Morgan fingerprint density at radius 2 is 2.07 bits per heavy atom. The lowest BCUT2D eigenvalue weighted by Gasteiger charge is -2.24. The Bertz CT molecular complexity index is 706. The highest BCUT2D eigenvalue weighted by atomic mass is 16.5. The van der Waals surface area contributed by atoms with Gasteiger partial charge in [0.05, 0.1) is 13.2 Å². The number of rotatable bonds is 7. The summed E-state index contributed by atoms with van der Waals surface area (Å²) in [6, 6.07) is 7.61. The third kappa shape index (κ3) is 4.26. The number of likely N-dealkylation sites (tertiary alicyclic amines) is 1. The number of amides is 2. The molecule has 0 unspecified atom stereocenters. The van der Waals surface area contributed by atoms with Crippen LogP contribution >= 0.6 is 0 Å². The van der Waals surface area contributed by atoms with Crippen molar-refractivity contribution < 1.29 is 14.3 Å². The minimum atomic E-state index is -0.117. The van der Waals surface area contributed by atoms with Gasteiger partial charge in [0.15, 0.2) is 0 Å². The molecule has 1 saturated heterocycles. The number of benzene rings is 1. The maximum atomic E-state index is 12.7. The molecule has 1 aromatic rings. The summed E-state index contributed by atoms with van der Waals surface area (Å²) in [4.78, 5) is 27.3. The van der Waals surface area contributed by atoms with Crippen molar-refractivity contribution in [3.05, 3.63) is 29.8 Å². The van der Waals surface area contributed by atoms with E-state index in [1.165, 1.54) is 0 Å². The predicted octanol–water partition coefficient (Wildman–Crippen LogP) is 1.79. The molecule has 1 heterocycles. The molecular formula is C21H31N3O3. The van der Waals surface area contributed by atoms with E-state index < -0.39 is 0 Å². The van der Waals surface area contributed by atoms with Gasteiger partial charge in [-0.2, -0.15) is 0 Å². The zero-order chi connectivity index (χ0) is 19.6. The number of hydrogen-bond acceptors (Lipinski definition) is 4. The van der Waals surface area contributed by atoms with E-state index in [2.05, 4.69) is 29.4 Å². The fraction of sp³-hybridized carbons (Fsp3) is 0.619. The number of carbonyl (C=O) groups excluding carboxylic acids is 2. The Morgan fingerprint density at radius 1 is 1.30 bits per heavy atom. The van der Waals surface area contributed by atoms with Crippen LogP contribution < -0.4 is 15.4 Å². The highest BCUT2D eigenvalue weighted by Crippen LogP contribution is 2.60. The molecule has 148 valence electrons. The molecule has 27 heavy (non-hydrogen) atoms. The lowest BCUT2D eigenvalue weighted by Crippen LogP contribution is -2.43. The summed E-state index contributed by atoms with van der Waals surface area (Å²) in [5.41, 5.74) is 0.985. The molecule has 2 N–H and O–H groups in total. The summed E-state index contributed by atoms with van der Waals surface area (Å²) in [5, 5.41) is 5.85. The van der Waals surface area contributed by atoms with Crippen LogP contribution in [0.25, 0.3) is 0 Å². The van der Waals surface area contributed by atoms with E-state index in [-0.39, 0.29) is 29.2 Å². The van der Waals surface area contributed by atoms with Crippen molar-refractivity contribution in [2.24, 2.45) is 17.3 Å². The second-order valence-electron chi connectivity index (χ2n) is 8.35. The maximum Gasteiger partial charge on any atom is 0.237 e. The standard InChI is InChI=1S/C21H31N3O3/c1-14(2)12-24-13-21(10-18(24)20(26)22-3)9-17(21)19(25)23-11-15-6-5-7-16(8-15)27-4/h5-8,14,17-18H,9-13H2,1-4H3,(H,22,26)(H,23,25)/t17-,18+,21+/m1/s1. The SMILES string of the molecule is CNC(=O)[C@@H]1C[C@@]2(C[C@@H]2C(=O)NCc2cccc(OC)c2)CN1CC(C)C. The van der Waals surface area contributed by atoms with E-state index in [0.717, 1.165) is 37.2 Å². The van der Waals surface area contributed by atoms with Gasteiger partial charge in [-0.15, -0.1) is 0 Å². The molecule has 1 saturated carbocycles. The largest absolute Gasteiger partial charge is 0.497 e. The number of hydrogen-bond donors (Lipinski definition) is 2. The monoisotopic (exact) mass is 373 g/mol. The number of likely N-dealkylation sites (N-methyl/N-ethyl adjacent to an activating group) is 1. The zero-order valence-electron chi connectivity index (χ0n) is 16.7. The van der Waals surface area contributed by atoms with Crippen LogP contribution in [-0.2, 0) is 16.1 Å². The lowest BCUT2D eigenvalue weighted by molar-refractivity contribution is -0.125. The van der Waals surface area contributed by atoms with Crippen LogP contribution in [0, 0.1) is 17.3 Å². The predicted molar refractivity (Wildman–Crippen MR) is 104 cm³/mol. The van der Waals surface area contributed by atoms with Crippen LogP contribution in [0.2, 0.25) is 0 Å². The van der Waals surface area contributed by atoms with E-state index in [9.17, 15) is 9.59 Å². The van der Waals surface area contributed by atoms with Crippen molar-refractivity contribution in [3.8, 4) is 5.75 Å². The van der Waals surface area contributed by atoms with Crippen LogP contribution in [0.15, 0.2) is 24.3 Å². The van der Waals surface area contributed by atoms with Crippen molar-refractivity contribution in [2.45, 2.75) is 39.3 Å². The molecule has 1 aliphatic carbocycles. The molecule has 2 fully saturated rings. The maximum absolute atomic E-state index is 12.7. The Hall–Kier alpha value is -2.08. The fourth-order valence-electron chi connectivity index (χ4n) is 4.39. The number of carbonyl (C=O) groups is 2. The molecule has 2 aliphatic rings. The van der Waals surface area contributed by atoms with E-state index in [1.54, 1.807) is 14.2 Å². The molecule has 3 atom stereocenters. The molecule has 1 aromatic carbocycles. The second-order valence-corrected chi connectivity index (χ2v) is 8.35. The van der Waals surface area contributed by atoms with Gasteiger partial charge < -0.3 is 15.4 Å². The highest BCUT2D eigenvalue weighted by molar-refractivity contribution is 5.85. The second kappa shape index (κ2) is 7.89. The summed E-state index contributed by atoms with van der Waals surface area (Å²) in [7, 11) is 3.32. The molecule has 0 aromatic heterocycles. The molecule has 0 radical (unpaired) electrons. The van der Waals surface area contributed by atoms with Crippen molar-refractivity contribution in [3.63, 3.8) is 0 Å². The number of ether oxygens (including phenoxy) is 1. The molecule has 6 nitrogen and oxygen atoms in total. The Morgan fingerprint density at radius 3 is 2.74 bits per heavy atom. The van der Waals surface area contributed by atoms with E-state index in [4.69, 9.17) is 4.74 Å². The summed E-state index contributed by atoms with van der Waals surface area (Å²) in [6.45, 7) is 6.55. The van der Waals surface area contributed by atoms with Crippen molar-refractivity contribution in [1.82, 2.24) is 15.5 Å². The summed E-state index contributed by atoms with van der Waals surface area (Å²) in [6.07, 6.45) is 1.65. The van der Waals surface area contributed by atoms with Gasteiger partial charge in [0.1, 0.15) is 5.75 Å². The van der Waals surface area contributed by atoms with Gasteiger partial charge in [-0.3, -0.25) is 14.5 Å². The highest BCUT2D eigenvalue weighted by Gasteiger charge is 2.63. The summed E-state index contributed by atoms with van der Waals surface area (Å²) >= 11 is 0. The van der Waals surface area contributed by atoms with Crippen LogP contribution in [0.5, 0.6) is 5.75 Å². The van der Waals surface area contributed by atoms with Gasteiger partial charge in [0, 0.05) is 32.6 Å². The first-order valence-corrected chi connectivity index (χ1v) is 9.75. The average molecular weight is 373 g/mol. The first-order valence-electron chi connectivity index (χ1n) is 9.75. The Labute approximate surface area is 161 Å². The molecule has 0 bridgehead atoms. The van der Waals surface area contributed by atoms with Crippen molar-refractivity contribution in [1.29, 1.82) is 0 Å². The van der Waals surface area contributed by atoms with Gasteiger partial charge in [0.25, 0.3) is 0 Å². The van der Waals surface area contributed by atoms with E-state index in [0.29, 0.717) is 12.5 Å². The lowest BCUT2D eigenvalue weighted by atomic mass is 9.99. The first kappa shape index (κ1) is 19.7. The number of nitrogens with zero attached hydrogens (tertiary/aromatic N) is 1. The third-order valence-corrected chi connectivity index (χ3v) is 5.81. The van der Waals surface area contributed by atoms with Crippen LogP contribution in [0.3, 0.4) is 0 Å². The minimum Gasteiger partial charge on any atom is -0.497 e. The first-order chi connectivity index (χ1) is 12.9. The van der Waals surface area contributed by atoms with Crippen molar-refractivity contribution in [2.75, 3.05) is 27.2 Å². The quantitative estimate of drug-likeness (QED) is 0.765. The molecular weight excluding hydrogens is 342 g/mol. The van der Waals surface area contributed by atoms with Crippen molar-refractivity contribution >= 4 is 11.8 Å². The van der Waals surface area contributed by atoms with Gasteiger partial charge in [-0.1, -0.05) is 26.0 Å². The number of nitrogens with one attached hydrogen (secondary N) is 2. The molecule has 2 amide bonds.